The quantitative estimate of drug-likeness (QED) is 0.366. The number of allylic oxidation sites excluding steroid dienone is 8. The van der Waals surface area contributed by atoms with E-state index in [1.807, 2.05) is 0 Å². The van der Waals surface area contributed by atoms with Crippen LogP contribution >= 0.6 is 0 Å². The van der Waals surface area contributed by atoms with Crippen LogP contribution in [0.4, 0.5) is 0 Å². The monoisotopic (exact) mass is 464 g/mol. The van der Waals surface area contributed by atoms with Crippen LogP contribution in [0, 0.1) is 60.2 Å². The fourth-order valence-electron chi connectivity index (χ4n) is 6.91. The van der Waals surface area contributed by atoms with Gasteiger partial charge in [0.1, 0.15) is 0 Å². The molecule has 156 valence electrons. The molecule has 0 spiro atoms. The van der Waals surface area contributed by atoms with Gasteiger partial charge in [0.05, 0.1) is 0 Å². The number of hydrogen-bond donors (Lipinski definition) is 0. The van der Waals surface area contributed by atoms with Gasteiger partial charge in [0.25, 0.3) is 0 Å². The van der Waals surface area contributed by atoms with Crippen LogP contribution in [0.2, 0.25) is 0 Å². The fraction of sp³-hybridized carbons (Fsp3) is 0.615. The van der Waals surface area contributed by atoms with Crippen LogP contribution in [0.1, 0.15) is 51.4 Å². The zero-order valence-corrected chi connectivity index (χ0v) is 20.4. The van der Waals surface area contributed by atoms with Gasteiger partial charge >= 0.3 is 21.7 Å². The van der Waals surface area contributed by atoms with E-state index in [0.29, 0.717) is 0 Å². The second-order valence-corrected chi connectivity index (χ2v) is 9.46. The largest absolute Gasteiger partial charge is 4.00 e. The Bertz CT molecular complexity index is 568. The Hall–Kier alpha value is 0.254. The predicted octanol–water partition coefficient (Wildman–Crippen LogP) is 0.744. The molecule has 6 rings (SSSR count). The number of halogens is 2. The third-order valence-corrected chi connectivity index (χ3v) is 8.12. The minimum Gasteiger partial charge on any atom is -1.00 e. The molecule has 0 nitrogen and oxygen atoms in total. The van der Waals surface area contributed by atoms with Gasteiger partial charge in [-0.25, -0.2) is 0 Å². The molecule has 0 aromatic carbocycles. The second-order valence-electron chi connectivity index (χ2n) is 9.46. The summed E-state index contributed by atoms with van der Waals surface area (Å²) in [7, 11) is 0. The molecule has 0 aliphatic heterocycles. The maximum atomic E-state index is 2.62. The first-order chi connectivity index (χ1) is 12.9. The van der Waals surface area contributed by atoms with Gasteiger partial charge in [0, 0.05) is 0 Å². The summed E-state index contributed by atoms with van der Waals surface area (Å²) in [5.74, 6) is 7.12. The zero-order valence-electron chi connectivity index (χ0n) is 17.3. The Morgan fingerprint density at radius 1 is 0.517 bits per heavy atom. The molecule has 0 N–H and O–H groups in total. The normalized spacial score (nSPS) is 42.5. The standard InChI is InChI=1S/2C13H17.2ClH.Ti/c2*1-3-7-12-10(5-1)9-11-6-2-4-8-13(11)12;;;/h2*1,3,5,7,9-13H,2,4,6,8H2;2*1H;/q2*-1;;;+4/p-2. The van der Waals surface area contributed by atoms with E-state index in [-0.39, 0.29) is 46.5 Å². The molecule has 6 aliphatic rings. The third kappa shape index (κ3) is 5.36. The average molecular weight is 465 g/mol. The van der Waals surface area contributed by atoms with Crippen molar-refractivity contribution in [1.29, 1.82) is 0 Å². The van der Waals surface area contributed by atoms with Gasteiger partial charge in [-0.3, -0.25) is 0 Å². The molecular formula is C26H34Cl2Ti. The number of rotatable bonds is 0. The van der Waals surface area contributed by atoms with Crippen LogP contribution in [-0.4, -0.2) is 0 Å². The summed E-state index contributed by atoms with van der Waals surface area (Å²) in [4.78, 5) is 0. The Kier molecular flexibility index (Phi) is 10.3. The smallest absolute Gasteiger partial charge is 1.00 e. The van der Waals surface area contributed by atoms with Crippen molar-refractivity contribution >= 4 is 0 Å². The molecule has 8 atom stereocenters. The molecule has 0 saturated heterocycles. The van der Waals surface area contributed by atoms with E-state index >= 15 is 0 Å². The Balaban J connectivity index is 0.000000187. The maximum Gasteiger partial charge on any atom is 4.00 e. The molecule has 8 unspecified atom stereocenters. The molecule has 29 heavy (non-hydrogen) atoms. The summed E-state index contributed by atoms with van der Waals surface area (Å²) in [6.07, 6.45) is 35.5. The van der Waals surface area contributed by atoms with Crippen molar-refractivity contribution < 1.29 is 46.5 Å². The molecule has 4 fully saturated rings. The molecule has 0 heterocycles. The van der Waals surface area contributed by atoms with E-state index in [1.54, 1.807) is 0 Å². The van der Waals surface area contributed by atoms with Crippen LogP contribution in [-0.2, 0) is 21.7 Å². The minimum absolute atomic E-state index is 0. The van der Waals surface area contributed by atoms with Crippen LogP contribution < -0.4 is 24.8 Å². The van der Waals surface area contributed by atoms with E-state index in [9.17, 15) is 0 Å². The Morgan fingerprint density at radius 2 is 0.897 bits per heavy atom. The summed E-state index contributed by atoms with van der Waals surface area (Å²) < 4.78 is 0. The topological polar surface area (TPSA) is 0 Å². The van der Waals surface area contributed by atoms with Gasteiger partial charge in [0.15, 0.2) is 0 Å². The van der Waals surface area contributed by atoms with Gasteiger partial charge < -0.3 is 37.7 Å². The number of fused-ring (bicyclic) bond motifs is 6. The van der Waals surface area contributed by atoms with Gasteiger partial charge in [-0.2, -0.15) is 11.8 Å². The molecular weight excluding hydrogens is 431 g/mol. The molecule has 0 aromatic heterocycles. The van der Waals surface area contributed by atoms with Crippen molar-refractivity contribution in [2.24, 2.45) is 47.3 Å². The van der Waals surface area contributed by atoms with Crippen molar-refractivity contribution in [1.82, 2.24) is 0 Å². The van der Waals surface area contributed by atoms with Crippen molar-refractivity contribution in [3.63, 3.8) is 0 Å². The molecule has 0 radical (unpaired) electrons. The molecule has 6 aliphatic carbocycles. The number of hydrogen-bond acceptors (Lipinski definition) is 0. The molecule has 0 amide bonds. The van der Waals surface area contributed by atoms with E-state index in [0.717, 1.165) is 47.3 Å². The van der Waals surface area contributed by atoms with Crippen LogP contribution in [0.25, 0.3) is 0 Å². The molecule has 4 saturated carbocycles. The van der Waals surface area contributed by atoms with Crippen molar-refractivity contribution in [2.45, 2.75) is 51.4 Å². The van der Waals surface area contributed by atoms with Crippen LogP contribution in [0.15, 0.2) is 48.6 Å². The van der Waals surface area contributed by atoms with E-state index in [1.165, 1.54) is 51.4 Å². The average Bonchev–Trinajstić information content (AvgIpc) is 3.27. The molecule has 0 bridgehead atoms. The van der Waals surface area contributed by atoms with E-state index < -0.39 is 0 Å². The first kappa shape index (κ1) is 25.5. The summed E-state index contributed by atoms with van der Waals surface area (Å²) in [6.45, 7) is 0. The minimum atomic E-state index is 0. The van der Waals surface area contributed by atoms with Crippen LogP contribution in [0.5, 0.6) is 0 Å². The summed E-state index contributed by atoms with van der Waals surface area (Å²) in [5, 5.41) is 0. The van der Waals surface area contributed by atoms with Gasteiger partial charge in [-0.1, -0.05) is 99.7 Å². The third-order valence-electron chi connectivity index (χ3n) is 8.12. The zero-order chi connectivity index (χ0) is 17.3. The summed E-state index contributed by atoms with van der Waals surface area (Å²) in [5.41, 5.74) is 0. The fourth-order valence-corrected chi connectivity index (χ4v) is 6.91. The van der Waals surface area contributed by atoms with Gasteiger partial charge in [0.2, 0.25) is 0 Å². The van der Waals surface area contributed by atoms with Crippen molar-refractivity contribution in [3.8, 4) is 0 Å². The summed E-state index contributed by atoms with van der Waals surface area (Å²) in [6, 6.07) is 0. The van der Waals surface area contributed by atoms with E-state index in [2.05, 4.69) is 61.4 Å². The predicted molar refractivity (Wildman–Crippen MR) is 110 cm³/mol. The first-order valence-corrected chi connectivity index (χ1v) is 11.3. The molecule has 3 heteroatoms. The SMILES string of the molecule is C1=CC2[CH-]C3CCCCC3C2C=C1.C1=CC2[CH-]C3CCCCC3C2C=C1.[Cl-].[Cl-].[Ti+4]. The summed E-state index contributed by atoms with van der Waals surface area (Å²) >= 11 is 0. The Labute approximate surface area is 205 Å². The van der Waals surface area contributed by atoms with Gasteiger partial charge in [-0.05, 0) is 11.8 Å². The van der Waals surface area contributed by atoms with Crippen LogP contribution in [0.3, 0.4) is 0 Å². The Morgan fingerprint density at radius 3 is 1.34 bits per heavy atom. The second kappa shape index (κ2) is 11.8. The van der Waals surface area contributed by atoms with Crippen molar-refractivity contribution in [3.05, 3.63) is 61.4 Å². The maximum absolute atomic E-state index is 2.62. The van der Waals surface area contributed by atoms with E-state index in [4.69, 9.17) is 0 Å². The molecule has 0 aromatic rings. The first-order valence-electron chi connectivity index (χ1n) is 11.3. The van der Waals surface area contributed by atoms with Gasteiger partial charge in [-0.15, -0.1) is 24.0 Å². The van der Waals surface area contributed by atoms with Crippen molar-refractivity contribution in [2.75, 3.05) is 0 Å².